The fraction of sp³-hybridized carbons (Fsp3) is 0.200. The third-order valence-electron chi connectivity index (χ3n) is 2.97. The Morgan fingerprint density at radius 3 is 2.58 bits per heavy atom. The molecule has 0 aliphatic carbocycles. The molecule has 2 N–H and O–H groups in total. The molecule has 0 unspecified atom stereocenters. The Morgan fingerprint density at radius 1 is 1.16 bits per heavy atom. The number of benzene rings is 2. The van der Waals surface area contributed by atoms with Gasteiger partial charge >= 0.3 is 0 Å². The van der Waals surface area contributed by atoms with Crippen LogP contribution in [0.5, 0.6) is 0 Å². The molecule has 0 amide bonds. The number of anilines is 1. The van der Waals surface area contributed by atoms with Crippen LogP contribution in [0.1, 0.15) is 11.1 Å². The highest BCUT2D eigenvalue weighted by atomic mass is 35.5. The highest BCUT2D eigenvalue weighted by molar-refractivity contribution is 6.30. The van der Waals surface area contributed by atoms with Crippen LogP contribution >= 0.6 is 11.6 Å². The fourth-order valence-corrected chi connectivity index (χ4v) is 2.19. The molecule has 0 fully saturated rings. The van der Waals surface area contributed by atoms with Gasteiger partial charge in [-0.25, -0.2) is 4.39 Å². The van der Waals surface area contributed by atoms with E-state index in [0.29, 0.717) is 23.8 Å². The van der Waals surface area contributed by atoms with E-state index in [1.54, 1.807) is 6.07 Å². The van der Waals surface area contributed by atoms with Gasteiger partial charge in [-0.1, -0.05) is 29.8 Å². The molecule has 2 rings (SSSR count). The first-order valence-electron chi connectivity index (χ1n) is 6.04. The molecule has 19 heavy (non-hydrogen) atoms. The van der Waals surface area contributed by atoms with E-state index in [-0.39, 0.29) is 5.82 Å². The van der Waals surface area contributed by atoms with Crippen molar-refractivity contribution < 1.29 is 4.39 Å². The third kappa shape index (κ3) is 3.46. The molecule has 0 saturated carbocycles. The van der Waals surface area contributed by atoms with Gasteiger partial charge in [0.25, 0.3) is 0 Å². The van der Waals surface area contributed by atoms with Gasteiger partial charge in [0.2, 0.25) is 0 Å². The monoisotopic (exact) mass is 278 g/mol. The van der Waals surface area contributed by atoms with Gasteiger partial charge in [-0.05, 0) is 35.4 Å². The van der Waals surface area contributed by atoms with E-state index in [1.165, 1.54) is 6.07 Å². The SMILES string of the molecule is CN(Cc1cccc(Cl)c1)c1ccc(CN)cc1F. The van der Waals surface area contributed by atoms with Crippen molar-refractivity contribution in [3.8, 4) is 0 Å². The molecule has 100 valence electrons. The van der Waals surface area contributed by atoms with E-state index in [9.17, 15) is 4.39 Å². The highest BCUT2D eigenvalue weighted by Gasteiger charge is 2.08. The Balaban J connectivity index is 2.18. The van der Waals surface area contributed by atoms with E-state index in [1.807, 2.05) is 42.3 Å². The van der Waals surface area contributed by atoms with E-state index < -0.39 is 0 Å². The minimum Gasteiger partial charge on any atom is -0.368 e. The minimum atomic E-state index is -0.257. The zero-order valence-corrected chi connectivity index (χ0v) is 11.5. The quantitative estimate of drug-likeness (QED) is 0.926. The molecule has 0 bridgehead atoms. The van der Waals surface area contributed by atoms with Crippen molar-refractivity contribution in [2.45, 2.75) is 13.1 Å². The van der Waals surface area contributed by atoms with E-state index in [4.69, 9.17) is 17.3 Å². The number of rotatable bonds is 4. The van der Waals surface area contributed by atoms with Gasteiger partial charge in [-0.15, -0.1) is 0 Å². The summed E-state index contributed by atoms with van der Waals surface area (Å²) in [5.74, 6) is -0.257. The third-order valence-corrected chi connectivity index (χ3v) is 3.20. The van der Waals surface area contributed by atoms with Crippen LogP contribution in [0.15, 0.2) is 42.5 Å². The Hall–Kier alpha value is -1.58. The molecule has 0 aliphatic rings. The summed E-state index contributed by atoms with van der Waals surface area (Å²) in [4.78, 5) is 1.85. The minimum absolute atomic E-state index is 0.257. The van der Waals surface area contributed by atoms with Gasteiger partial charge in [0.1, 0.15) is 5.82 Å². The molecule has 0 heterocycles. The lowest BCUT2D eigenvalue weighted by molar-refractivity contribution is 0.620. The molecule has 0 saturated heterocycles. The summed E-state index contributed by atoms with van der Waals surface area (Å²) in [6.45, 7) is 0.939. The van der Waals surface area contributed by atoms with Gasteiger partial charge in [0, 0.05) is 25.2 Å². The largest absolute Gasteiger partial charge is 0.368 e. The maximum atomic E-state index is 13.9. The van der Waals surface area contributed by atoms with Crippen LogP contribution in [0.25, 0.3) is 0 Å². The molecular formula is C15H16ClFN2. The molecular weight excluding hydrogens is 263 g/mol. The number of hydrogen-bond acceptors (Lipinski definition) is 2. The van der Waals surface area contributed by atoms with Crippen LogP contribution in [0.3, 0.4) is 0 Å². The van der Waals surface area contributed by atoms with Crippen LogP contribution < -0.4 is 10.6 Å². The molecule has 2 nitrogen and oxygen atoms in total. The van der Waals surface area contributed by atoms with Crippen molar-refractivity contribution in [1.82, 2.24) is 0 Å². The highest BCUT2D eigenvalue weighted by Crippen LogP contribution is 2.22. The number of halogens is 2. The molecule has 0 spiro atoms. The molecule has 2 aromatic carbocycles. The van der Waals surface area contributed by atoms with Gasteiger partial charge in [0.05, 0.1) is 5.69 Å². The first-order valence-corrected chi connectivity index (χ1v) is 6.42. The second-order valence-electron chi connectivity index (χ2n) is 4.48. The summed E-state index contributed by atoms with van der Waals surface area (Å²) in [6, 6.07) is 12.6. The number of nitrogens with two attached hydrogens (primary N) is 1. The van der Waals surface area contributed by atoms with Crippen LogP contribution in [0.2, 0.25) is 5.02 Å². The fourth-order valence-electron chi connectivity index (χ4n) is 1.98. The lowest BCUT2D eigenvalue weighted by Gasteiger charge is -2.20. The van der Waals surface area contributed by atoms with Gasteiger partial charge < -0.3 is 10.6 Å². The van der Waals surface area contributed by atoms with Crippen molar-refractivity contribution in [2.24, 2.45) is 5.73 Å². The zero-order chi connectivity index (χ0) is 13.8. The van der Waals surface area contributed by atoms with Crippen LogP contribution in [-0.4, -0.2) is 7.05 Å². The lowest BCUT2D eigenvalue weighted by Crippen LogP contribution is -2.18. The molecule has 0 aliphatic heterocycles. The topological polar surface area (TPSA) is 29.3 Å². The Kier molecular flexibility index (Phi) is 4.40. The molecule has 0 atom stereocenters. The van der Waals surface area contributed by atoms with Crippen molar-refractivity contribution in [3.63, 3.8) is 0 Å². The smallest absolute Gasteiger partial charge is 0.146 e. The summed E-state index contributed by atoms with van der Waals surface area (Å²) in [5.41, 5.74) is 7.87. The summed E-state index contributed by atoms with van der Waals surface area (Å²) in [5, 5.41) is 0.685. The first kappa shape index (κ1) is 13.8. The molecule has 0 aromatic heterocycles. The summed E-state index contributed by atoms with van der Waals surface area (Å²) in [7, 11) is 1.85. The van der Waals surface area contributed by atoms with Gasteiger partial charge in [-0.3, -0.25) is 0 Å². The Labute approximate surface area is 117 Å². The lowest BCUT2D eigenvalue weighted by atomic mass is 10.1. The van der Waals surface area contributed by atoms with Gasteiger partial charge in [-0.2, -0.15) is 0 Å². The van der Waals surface area contributed by atoms with E-state index >= 15 is 0 Å². The number of nitrogens with zero attached hydrogens (tertiary/aromatic N) is 1. The predicted molar refractivity (Wildman–Crippen MR) is 77.9 cm³/mol. The Bertz CT molecular complexity index is 572. The maximum Gasteiger partial charge on any atom is 0.146 e. The molecule has 0 radical (unpaired) electrons. The van der Waals surface area contributed by atoms with Crippen molar-refractivity contribution in [2.75, 3.05) is 11.9 Å². The second-order valence-corrected chi connectivity index (χ2v) is 4.91. The van der Waals surface area contributed by atoms with Crippen LogP contribution in [-0.2, 0) is 13.1 Å². The van der Waals surface area contributed by atoms with Crippen molar-refractivity contribution >= 4 is 17.3 Å². The molecule has 2 aromatic rings. The standard InChI is InChI=1S/C15H16ClFN2/c1-19(10-12-3-2-4-13(16)7-12)15-6-5-11(9-18)8-14(15)17/h2-8H,9-10,18H2,1H3. The zero-order valence-electron chi connectivity index (χ0n) is 10.7. The average Bonchev–Trinajstić information content (AvgIpc) is 2.38. The molecule has 4 heteroatoms. The summed E-state index contributed by atoms with van der Waals surface area (Å²) < 4.78 is 13.9. The Morgan fingerprint density at radius 2 is 1.95 bits per heavy atom. The van der Waals surface area contributed by atoms with Crippen LogP contribution in [0.4, 0.5) is 10.1 Å². The second kappa shape index (κ2) is 6.04. The van der Waals surface area contributed by atoms with Crippen LogP contribution in [0, 0.1) is 5.82 Å². The van der Waals surface area contributed by atoms with E-state index in [2.05, 4.69) is 0 Å². The van der Waals surface area contributed by atoms with E-state index in [0.717, 1.165) is 11.1 Å². The maximum absolute atomic E-state index is 13.9. The predicted octanol–water partition coefficient (Wildman–Crippen LogP) is 3.57. The summed E-state index contributed by atoms with van der Waals surface area (Å²) >= 11 is 5.94. The van der Waals surface area contributed by atoms with Crippen molar-refractivity contribution in [1.29, 1.82) is 0 Å². The first-order chi connectivity index (χ1) is 9.10. The number of hydrogen-bond donors (Lipinski definition) is 1. The average molecular weight is 279 g/mol. The van der Waals surface area contributed by atoms with Crippen molar-refractivity contribution in [3.05, 3.63) is 64.4 Å². The van der Waals surface area contributed by atoms with Gasteiger partial charge in [0.15, 0.2) is 0 Å². The summed E-state index contributed by atoms with van der Waals surface area (Å²) in [6.07, 6.45) is 0. The normalized spacial score (nSPS) is 10.5.